The van der Waals surface area contributed by atoms with Gasteiger partial charge in [0.1, 0.15) is 0 Å². The Morgan fingerprint density at radius 2 is 0.455 bits per heavy atom. The Bertz CT molecular complexity index is 138. The molecule has 0 rings (SSSR count). The minimum Gasteiger partial charge on any atom is -0.333 e. The molecule has 0 saturated carbocycles. The Morgan fingerprint density at radius 1 is 0.318 bits per heavy atom. The molecule has 22 heavy (non-hydrogen) atoms. The predicted octanol–water partition coefficient (Wildman–Crippen LogP) is 7.62. The quantitative estimate of drug-likeness (QED) is 0.274. The number of unbranched alkanes of at least 4 members (excludes halogenated alkanes) is 17. The zero-order valence-electron chi connectivity index (χ0n) is 16.3. The molecule has 0 atom stereocenters. The van der Waals surface area contributed by atoms with E-state index in [0.29, 0.717) is 0 Å². The van der Waals surface area contributed by atoms with Crippen LogP contribution in [0.5, 0.6) is 0 Å². The molecule has 0 aliphatic rings. The number of hydrogen-bond donors (Lipinski definition) is 1. The molecule has 0 spiro atoms. The van der Waals surface area contributed by atoms with Crippen LogP contribution >= 0.6 is 0 Å². The summed E-state index contributed by atoms with van der Waals surface area (Å²) in [5.41, 5.74) is 4.50. The van der Waals surface area contributed by atoms with Crippen LogP contribution in [0, 0.1) is 0 Å². The second-order valence-corrected chi connectivity index (χ2v) is 6.66. The molecule has 0 aromatic rings. The molecule has 0 amide bonds. The molecule has 1 heteroatoms. The van der Waals surface area contributed by atoms with Crippen molar-refractivity contribution in [2.45, 2.75) is 129 Å². The van der Waals surface area contributed by atoms with Crippen molar-refractivity contribution in [1.29, 1.82) is 0 Å². The highest BCUT2D eigenvalue weighted by molar-refractivity contribution is 4.49. The molecule has 0 unspecified atom stereocenters. The van der Waals surface area contributed by atoms with E-state index in [0.717, 1.165) is 0 Å². The van der Waals surface area contributed by atoms with E-state index in [1.54, 1.807) is 0 Å². The van der Waals surface area contributed by atoms with Crippen LogP contribution in [0.25, 0.3) is 0 Å². The summed E-state index contributed by atoms with van der Waals surface area (Å²) in [7, 11) is 1.50. The van der Waals surface area contributed by atoms with Crippen molar-refractivity contribution in [3.8, 4) is 0 Å². The standard InChI is InChI=1S/C20H42.CH5N/c1-3-5-7-9-11-13-15-17-19-20-18-16-14-12-10-8-6-4-2;1-2/h3-20H2,1-2H3;2H2,1H3. The van der Waals surface area contributed by atoms with E-state index in [2.05, 4.69) is 19.6 Å². The SMILES string of the molecule is CCCCCCCCCCCCCCCCCCCC.CN. The van der Waals surface area contributed by atoms with Crippen LogP contribution in [0.15, 0.2) is 0 Å². The minimum atomic E-state index is 1.37. The van der Waals surface area contributed by atoms with Gasteiger partial charge in [0.05, 0.1) is 0 Å². The fraction of sp³-hybridized carbons (Fsp3) is 1.00. The van der Waals surface area contributed by atoms with Crippen LogP contribution in [0.1, 0.15) is 129 Å². The molecule has 0 aliphatic carbocycles. The van der Waals surface area contributed by atoms with Gasteiger partial charge in [-0.15, -0.1) is 0 Å². The summed E-state index contributed by atoms with van der Waals surface area (Å²) >= 11 is 0. The number of rotatable bonds is 17. The van der Waals surface area contributed by atoms with Crippen LogP contribution in [0.3, 0.4) is 0 Å². The summed E-state index contributed by atoms with van der Waals surface area (Å²) in [6.45, 7) is 4.59. The molecule has 0 aliphatic heterocycles. The van der Waals surface area contributed by atoms with Crippen LogP contribution in [0.4, 0.5) is 0 Å². The van der Waals surface area contributed by atoms with Gasteiger partial charge in [-0.3, -0.25) is 0 Å². The monoisotopic (exact) mass is 313 g/mol. The van der Waals surface area contributed by atoms with Gasteiger partial charge >= 0.3 is 0 Å². The van der Waals surface area contributed by atoms with E-state index >= 15 is 0 Å². The highest BCUT2D eigenvalue weighted by atomic mass is 14.4. The topological polar surface area (TPSA) is 26.0 Å². The third kappa shape index (κ3) is 24.9. The molecule has 0 aromatic carbocycles. The second-order valence-electron chi connectivity index (χ2n) is 6.66. The lowest BCUT2D eigenvalue weighted by Gasteiger charge is -2.03. The summed E-state index contributed by atoms with van der Waals surface area (Å²) in [6.07, 6.45) is 26.4. The van der Waals surface area contributed by atoms with Crippen molar-refractivity contribution in [3.05, 3.63) is 0 Å². The van der Waals surface area contributed by atoms with Crippen molar-refractivity contribution < 1.29 is 0 Å². The van der Waals surface area contributed by atoms with Crippen molar-refractivity contribution >= 4 is 0 Å². The third-order valence-corrected chi connectivity index (χ3v) is 4.46. The predicted molar refractivity (Wildman–Crippen MR) is 105 cm³/mol. The minimum absolute atomic E-state index is 1.37. The molecule has 0 aromatic heterocycles. The molecule has 0 bridgehead atoms. The molecule has 0 radical (unpaired) electrons. The van der Waals surface area contributed by atoms with Crippen LogP contribution < -0.4 is 5.73 Å². The zero-order valence-corrected chi connectivity index (χ0v) is 16.3. The maximum absolute atomic E-state index is 4.50. The van der Waals surface area contributed by atoms with Crippen molar-refractivity contribution in [1.82, 2.24) is 0 Å². The van der Waals surface area contributed by atoms with Gasteiger partial charge < -0.3 is 5.73 Å². The van der Waals surface area contributed by atoms with Gasteiger partial charge in [-0.1, -0.05) is 129 Å². The third-order valence-electron chi connectivity index (χ3n) is 4.46. The average molecular weight is 314 g/mol. The summed E-state index contributed by atoms with van der Waals surface area (Å²) < 4.78 is 0. The second kappa shape index (κ2) is 25.9. The Kier molecular flexibility index (Phi) is 28.5. The average Bonchev–Trinajstić information content (AvgIpc) is 2.56. The first-order valence-corrected chi connectivity index (χ1v) is 10.5. The first kappa shape index (κ1) is 24.2. The summed E-state index contributed by atoms with van der Waals surface area (Å²) in [5, 5.41) is 0. The molecular formula is C21H47N. The maximum atomic E-state index is 4.50. The summed E-state index contributed by atoms with van der Waals surface area (Å²) in [4.78, 5) is 0. The zero-order chi connectivity index (χ0) is 16.7. The molecule has 136 valence electrons. The lowest BCUT2D eigenvalue weighted by atomic mass is 10.0. The summed E-state index contributed by atoms with van der Waals surface area (Å²) in [6, 6.07) is 0. The van der Waals surface area contributed by atoms with Gasteiger partial charge in [0, 0.05) is 0 Å². The molecule has 0 fully saturated rings. The molecule has 1 nitrogen and oxygen atoms in total. The fourth-order valence-corrected chi connectivity index (χ4v) is 2.97. The number of nitrogens with two attached hydrogens (primary N) is 1. The Morgan fingerprint density at radius 3 is 0.591 bits per heavy atom. The fourth-order valence-electron chi connectivity index (χ4n) is 2.97. The van der Waals surface area contributed by atoms with Gasteiger partial charge in [0.15, 0.2) is 0 Å². The molecular weight excluding hydrogens is 266 g/mol. The smallest absolute Gasteiger partial charge is 0.0195 e. The number of hydrogen-bond acceptors (Lipinski definition) is 1. The van der Waals surface area contributed by atoms with Crippen molar-refractivity contribution in [3.63, 3.8) is 0 Å². The Labute approximate surface area is 142 Å². The lowest BCUT2D eigenvalue weighted by Crippen LogP contribution is -1.83. The van der Waals surface area contributed by atoms with Gasteiger partial charge in [0.25, 0.3) is 0 Å². The molecule has 2 N–H and O–H groups in total. The van der Waals surface area contributed by atoms with E-state index in [9.17, 15) is 0 Å². The maximum Gasteiger partial charge on any atom is -0.0195 e. The van der Waals surface area contributed by atoms with Gasteiger partial charge in [0.2, 0.25) is 0 Å². The Hall–Kier alpha value is -0.0400. The van der Waals surface area contributed by atoms with Gasteiger partial charge in [-0.25, -0.2) is 0 Å². The van der Waals surface area contributed by atoms with Crippen molar-refractivity contribution in [2.24, 2.45) is 5.73 Å². The lowest BCUT2D eigenvalue weighted by molar-refractivity contribution is 0.526. The molecule has 0 heterocycles. The highest BCUT2D eigenvalue weighted by Gasteiger charge is 1.94. The normalized spacial score (nSPS) is 10.4. The van der Waals surface area contributed by atoms with Gasteiger partial charge in [-0.2, -0.15) is 0 Å². The van der Waals surface area contributed by atoms with Crippen LogP contribution in [-0.4, -0.2) is 7.05 Å². The van der Waals surface area contributed by atoms with Crippen LogP contribution in [-0.2, 0) is 0 Å². The van der Waals surface area contributed by atoms with E-state index in [4.69, 9.17) is 0 Å². The van der Waals surface area contributed by atoms with Gasteiger partial charge in [-0.05, 0) is 7.05 Å². The van der Waals surface area contributed by atoms with E-state index in [1.807, 2.05) is 0 Å². The molecule has 0 saturated heterocycles. The van der Waals surface area contributed by atoms with Crippen molar-refractivity contribution in [2.75, 3.05) is 7.05 Å². The first-order valence-electron chi connectivity index (χ1n) is 10.5. The van der Waals surface area contributed by atoms with E-state index < -0.39 is 0 Å². The Balaban J connectivity index is 0. The first-order chi connectivity index (χ1) is 10.9. The highest BCUT2D eigenvalue weighted by Crippen LogP contribution is 2.14. The summed E-state index contributed by atoms with van der Waals surface area (Å²) in [5.74, 6) is 0. The van der Waals surface area contributed by atoms with Crippen LogP contribution in [0.2, 0.25) is 0 Å². The largest absolute Gasteiger partial charge is 0.333 e. The van der Waals surface area contributed by atoms with E-state index in [-0.39, 0.29) is 0 Å². The van der Waals surface area contributed by atoms with E-state index in [1.165, 1.54) is 123 Å².